The molecule has 4 atom stereocenters. The van der Waals surface area contributed by atoms with Gasteiger partial charge in [0.15, 0.2) is 0 Å². The molecule has 0 aromatic carbocycles. The Labute approximate surface area is 130 Å². The van der Waals surface area contributed by atoms with Crippen LogP contribution in [0.15, 0.2) is 0 Å². The van der Waals surface area contributed by atoms with Gasteiger partial charge in [-0.1, -0.05) is 34.1 Å². The van der Waals surface area contributed by atoms with Crippen LogP contribution in [0.5, 0.6) is 0 Å². The Hall–Kier alpha value is -0.610. The van der Waals surface area contributed by atoms with E-state index in [0.29, 0.717) is 23.8 Å². The number of nitrogens with one attached hydrogen (secondary N) is 1. The van der Waals surface area contributed by atoms with Crippen LogP contribution in [0, 0.1) is 11.8 Å². The van der Waals surface area contributed by atoms with Gasteiger partial charge in [0.05, 0.1) is 12.2 Å². The van der Waals surface area contributed by atoms with Crippen molar-refractivity contribution in [2.45, 2.75) is 72.1 Å². The van der Waals surface area contributed by atoms with E-state index in [0.717, 1.165) is 13.0 Å². The van der Waals surface area contributed by atoms with E-state index in [2.05, 4.69) is 49.7 Å². The highest BCUT2D eigenvalue weighted by atomic mass is 16.2. The molecule has 0 saturated carbocycles. The smallest absolute Gasteiger partial charge is 0.241 e. The second-order valence-electron chi connectivity index (χ2n) is 7.32. The van der Waals surface area contributed by atoms with E-state index in [1.54, 1.807) is 0 Å². The summed E-state index contributed by atoms with van der Waals surface area (Å²) in [5, 5.41) is 3.60. The lowest BCUT2D eigenvalue weighted by molar-refractivity contribution is -0.133. The molecule has 0 aromatic heterocycles. The molecule has 2 aliphatic heterocycles. The number of hydrogen-bond acceptors (Lipinski definition) is 3. The van der Waals surface area contributed by atoms with Crippen molar-refractivity contribution in [3.8, 4) is 0 Å². The van der Waals surface area contributed by atoms with Crippen molar-refractivity contribution in [1.82, 2.24) is 15.1 Å². The lowest BCUT2D eigenvalue weighted by Gasteiger charge is -2.34. The first-order valence-corrected chi connectivity index (χ1v) is 8.76. The van der Waals surface area contributed by atoms with Gasteiger partial charge in [-0.3, -0.25) is 10.1 Å². The van der Waals surface area contributed by atoms with Crippen LogP contribution < -0.4 is 5.32 Å². The first kappa shape index (κ1) is 16.8. The van der Waals surface area contributed by atoms with Crippen LogP contribution in [-0.4, -0.2) is 53.6 Å². The van der Waals surface area contributed by atoms with Crippen molar-refractivity contribution in [2.24, 2.45) is 11.8 Å². The van der Waals surface area contributed by atoms with Crippen molar-refractivity contribution in [2.75, 3.05) is 19.6 Å². The molecule has 0 bridgehead atoms. The number of likely N-dealkylation sites (tertiary alicyclic amines) is 1. The molecule has 0 aliphatic carbocycles. The Morgan fingerprint density at radius 2 is 1.81 bits per heavy atom. The average molecular weight is 295 g/mol. The van der Waals surface area contributed by atoms with Crippen molar-refractivity contribution < 1.29 is 4.79 Å². The largest absolute Gasteiger partial charge is 0.322 e. The number of rotatable bonds is 6. The zero-order valence-corrected chi connectivity index (χ0v) is 14.4. The second-order valence-corrected chi connectivity index (χ2v) is 7.32. The summed E-state index contributed by atoms with van der Waals surface area (Å²) in [5.41, 5.74) is 0. The quantitative estimate of drug-likeness (QED) is 0.817. The Bertz CT molecular complexity index is 352. The van der Waals surface area contributed by atoms with Gasteiger partial charge in [-0.2, -0.15) is 0 Å². The maximum Gasteiger partial charge on any atom is 0.241 e. The zero-order valence-electron chi connectivity index (χ0n) is 14.4. The van der Waals surface area contributed by atoms with Gasteiger partial charge in [0.2, 0.25) is 5.91 Å². The third-order valence-electron chi connectivity index (χ3n) is 5.21. The number of nitrogens with zero attached hydrogens (tertiary/aromatic N) is 2. The highest BCUT2D eigenvalue weighted by Crippen LogP contribution is 2.26. The highest BCUT2D eigenvalue weighted by molar-refractivity contribution is 5.85. The summed E-state index contributed by atoms with van der Waals surface area (Å²) in [6, 6.07) is 0.299. The third kappa shape index (κ3) is 3.59. The maximum atomic E-state index is 12.9. The topological polar surface area (TPSA) is 35.6 Å². The Morgan fingerprint density at radius 1 is 1.19 bits per heavy atom. The van der Waals surface area contributed by atoms with Gasteiger partial charge in [0.1, 0.15) is 0 Å². The van der Waals surface area contributed by atoms with Crippen molar-refractivity contribution in [3.63, 3.8) is 0 Å². The summed E-state index contributed by atoms with van der Waals surface area (Å²) < 4.78 is 0. The van der Waals surface area contributed by atoms with Crippen molar-refractivity contribution in [1.29, 1.82) is 0 Å². The van der Waals surface area contributed by atoms with Gasteiger partial charge in [-0.25, -0.2) is 0 Å². The zero-order chi connectivity index (χ0) is 15.6. The summed E-state index contributed by atoms with van der Waals surface area (Å²) in [6.07, 6.45) is 3.85. The fourth-order valence-corrected chi connectivity index (χ4v) is 3.71. The molecule has 0 aromatic rings. The molecule has 0 spiro atoms. The molecule has 2 rings (SSSR count). The first-order chi connectivity index (χ1) is 9.95. The third-order valence-corrected chi connectivity index (χ3v) is 5.21. The Morgan fingerprint density at radius 3 is 2.33 bits per heavy atom. The van der Waals surface area contributed by atoms with Crippen LogP contribution in [0.25, 0.3) is 0 Å². The number of carbonyl (C=O) groups is 1. The molecule has 2 heterocycles. The molecule has 1 N–H and O–H groups in total. The highest BCUT2D eigenvalue weighted by Gasteiger charge is 2.44. The van der Waals surface area contributed by atoms with Crippen molar-refractivity contribution >= 4 is 5.91 Å². The maximum absolute atomic E-state index is 12.9. The standard InChI is InChI=1S/C17H33N3O/c1-6-13(4)15-17(21)20(16(18-15)12(2)3)14(5)11-19-9-7-8-10-19/h12-16,18H,6-11H2,1-5H3. The van der Waals surface area contributed by atoms with Crippen LogP contribution in [0.2, 0.25) is 0 Å². The van der Waals surface area contributed by atoms with Gasteiger partial charge >= 0.3 is 0 Å². The van der Waals surface area contributed by atoms with E-state index in [9.17, 15) is 4.79 Å². The van der Waals surface area contributed by atoms with Gasteiger partial charge < -0.3 is 9.80 Å². The fourth-order valence-electron chi connectivity index (χ4n) is 3.71. The predicted molar refractivity (Wildman–Crippen MR) is 87.0 cm³/mol. The molecule has 4 nitrogen and oxygen atoms in total. The summed E-state index contributed by atoms with van der Waals surface area (Å²) in [5.74, 6) is 1.17. The monoisotopic (exact) mass is 295 g/mol. The van der Waals surface area contributed by atoms with Crippen LogP contribution >= 0.6 is 0 Å². The Kier molecular flexibility index (Phi) is 5.67. The predicted octanol–water partition coefficient (Wildman–Crippen LogP) is 2.30. The molecule has 0 radical (unpaired) electrons. The van der Waals surface area contributed by atoms with Crippen LogP contribution in [-0.2, 0) is 4.79 Å². The lowest BCUT2D eigenvalue weighted by atomic mass is 9.99. The van der Waals surface area contributed by atoms with Gasteiger partial charge in [-0.15, -0.1) is 0 Å². The minimum Gasteiger partial charge on any atom is -0.322 e. The van der Waals surface area contributed by atoms with Crippen LogP contribution in [0.1, 0.15) is 53.9 Å². The molecule has 4 unspecified atom stereocenters. The fraction of sp³-hybridized carbons (Fsp3) is 0.941. The van der Waals surface area contributed by atoms with Crippen LogP contribution in [0.4, 0.5) is 0 Å². The molecule has 4 heteroatoms. The molecule has 2 aliphatic rings. The van der Waals surface area contributed by atoms with E-state index < -0.39 is 0 Å². The van der Waals surface area contributed by atoms with Crippen molar-refractivity contribution in [3.05, 3.63) is 0 Å². The minimum atomic E-state index is 0.00317. The molecule has 1 amide bonds. The van der Waals surface area contributed by atoms with E-state index in [4.69, 9.17) is 0 Å². The van der Waals surface area contributed by atoms with Gasteiger partial charge in [0.25, 0.3) is 0 Å². The first-order valence-electron chi connectivity index (χ1n) is 8.76. The van der Waals surface area contributed by atoms with E-state index >= 15 is 0 Å². The molecular formula is C17H33N3O. The van der Waals surface area contributed by atoms with Crippen LogP contribution in [0.3, 0.4) is 0 Å². The van der Waals surface area contributed by atoms with E-state index in [-0.39, 0.29) is 12.2 Å². The minimum absolute atomic E-state index is 0.00317. The number of hydrogen-bond donors (Lipinski definition) is 1. The average Bonchev–Trinajstić information content (AvgIpc) is 3.05. The van der Waals surface area contributed by atoms with Gasteiger partial charge in [-0.05, 0) is 44.7 Å². The number of carbonyl (C=O) groups excluding carboxylic acids is 1. The summed E-state index contributed by atoms with van der Waals surface area (Å²) in [7, 11) is 0. The molecular weight excluding hydrogens is 262 g/mol. The number of amides is 1. The normalized spacial score (nSPS) is 30.4. The molecule has 2 fully saturated rings. The van der Waals surface area contributed by atoms with E-state index in [1.807, 2.05) is 0 Å². The molecule has 21 heavy (non-hydrogen) atoms. The molecule has 2 saturated heterocycles. The Balaban J connectivity index is 2.07. The second kappa shape index (κ2) is 7.10. The molecule has 122 valence electrons. The summed E-state index contributed by atoms with van der Waals surface area (Å²) in [6.45, 7) is 14.4. The lowest BCUT2D eigenvalue weighted by Crippen LogP contribution is -2.50. The van der Waals surface area contributed by atoms with Gasteiger partial charge in [0, 0.05) is 12.6 Å². The van der Waals surface area contributed by atoms with E-state index in [1.165, 1.54) is 25.9 Å². The summed E-state index contributed by atoms with van der Waals surface area (Å²) in [4.78, 5) is 17.5. The SMILES string of the molecule is CCC(C)C1NC(C(C)C)N(C(C)CN2CCCC2)C1=O. The summed E-state index contributed by atoms with van der Waals surface area (Å²) >= 11 is 0.